The summed E-state index contributed by atoms with van der Waals surface area (Å²) in [5.74, 6) is -0.973. The molecule has 43 heavy (non-hydrogen) atoms. The van der Waals surface area contributed by atoms with E-state index in [1.54, 1.807) is 6.07 Å². The van der Waals surface area contributed by atoms with Crippen molar-refractivity contribution in [3.8, 4) is 0 Å². The molecule has 1 aliphatic heterocycles. The lowest BCUT2D eigenvalue weighted by Gasteiger charge is -2.34. The van der Waals surface area contributed by atoms with Crippen LogP contribution in [0.3, 0.4) is 0 Å². The molecule has 220 valence electrons. The maximum atomic E-state index is 13.8. The highest BCUT2D eigenvalue weighted by Crippen LogP contribution is 2.30. The van der Waals surface area contributed by atoms with Gasteiger partial charge in [-0.1, -0.05) is 92.7 Å². The number of carbonyl (C=O) groups is 2. The summed E-state index contributed by atoms with van der Waals surface area (Å²) in [6, 6.07) is 27.8. The number of ether oxygens (including phenoxy) is 3. The Morgan fingerprint density at radius 1 is 0.930 bits per heavy atom. The van der Waals surface area contributed by atoms with Crippen LogP contribution in [-0.4, -0.2) is 47.4 Å². The fraction of sp³-hybridized carbons (Fsp3) is 0.286. The van der Waals surface area contributed by atoms with Crippen LogP contribution in [-0.2, 0) is 38.5 Å². The summed E-state index contributed by atoms with van der Waals surface area (Å²) >= 11 is 0. The van der Waals surface area contributed by atoms with Gasteiger partial charge in [-0.15, -0.1) is 0 Å². The van der Waals surface area contributed by atoms with Crippen molar-refractivity contribution < 1.29 is 23.8 Å². The van der Waals surface area contributed by atoms with Crippen molar-refractivity contribution in [3.63, 3.8) is 0 Å². The first-order valence-electron chi connectivity index (χ1n) is 14.5. The van der Waals surface area contributed by atoms with E-state index in [9.17, 15) is 9.59 Å². The number of nitrogens with one attached hydrogen (secondary N) is 2. The SMILES string of the molecule is CC1(C)COC(Cc2nc(C(=O)N[C@@H](Cc3ccccc3)C(=O)OCc3ccccc3)cc3c2[nH]c2ccccc23)OC1. The van der Waals surface area contributed by atoms with Crippen molar-refractivity contribution in [1.82, 2.24) is 15.3 Å². The molecule has 1 aliphatic rings. The molecule has 2 aromatic heterocycles. The predicted octanol–water partition coefficient (Wildman–Crippen LogP) is 5.74. The number of hydrogen-bond acceptors (Lipinski definition) is 6. The standard InChI is InChI=1S/C35H35N3O5/c1-35(2)21-42-31(43-22-35)19-28-32-26(25-15-9-10-16-27(25)37-32)18-29(36-28)33(39)38-30(17-23-11-5-3-6-12-23)34(40)41-20-24-13-7-4-8-14-24/h3-16,18,30-31,37H,17,19-22H2,1-2H3,(H,38,39)/t30-/m0/s1. The van der Waals surface area contributed by atoms with Gasteiger partial charge in [0.15, 0.2) is 6.29 Å². The van der Waals surface area contributed by atoms with Crippen LogP contribution in [0, 0.1) is 5.41 Å². The first-order chi connectivity index (χ1) is 20.8. The number of para-hydroxylation sites is 1. The Morgan fingerprint density at radius 2 is 1.58 bits per heavy atom. The molecule has 0 bridgehead atoms. The number of amides is 1. The normalized spacial score (nSPS) is 15.8. The molecule has 1 atom stereocenters. The quantitative estimate of drug-likeness (QED) is 0.217. The molecule has 1 saturated heterocycles. The maximum absolute atomic E-state index is 13.8. The number of aromatic nitrogens is 2. The van der Waals surface area contributed by atoms with E-state index in [0.717, 1.165) is 32.9 Å². The fourth-order valence-corrected chi connectivity index (χ4v) is 5.28. The Hall–Kier alpha value is -4.53. The highest BCUT2D eigenvalue weighted by atomic mass is 16.7. The van der Waals surface area contributed by atoms with E-state index in [-0.39, 0.29) is 24.1 Å². The fourth-order valence-electron chi connectivity index (χ4n) is 5.28. The van der Waals surface area contributed by atoms with Crippen molar-refractivity contribution in [3.05, 3.63) is 114 Å². The van der Waals surface area contributed by atoms with E-state index in [0.29, 0.717) is 25.3 Å². The molecule has 3 aromatic carbocycles. The summed E-state index contributed by atoms with van der Waals surface area (Å²) in [6.45, 7) is 5.45. The third kappa shape index (κ3) is 6.77. The number of benzene rings is 3. The van der Waals surface area contributed by atoms with Crippen molar-refractivity contribution in [2.45, 2.75) is 45.6 Å². The van der Waals surface area contributed by atoms with Crippen LogP contribution >= 0.6 is 0 Å². The number of rotatable bonds is 9. The van der Waals surface area contributed by atoms with Gasteiger partial charge in [-0.3, -0.25) is 4.79 Å². The maximum Gasteiger partial charge on any atom is 0.329 e. The average Bonchev–Trinajstić information content (AvgIpc) is 3.40. The van der Waals surface area contributed by atoms with E-state index in [1.165, 1.54) is 0 Å². The lowest BCUT2D eigenvalue weighted by atomic mass is 9.95. The van der Waals surface area contributed by atoms with Gasteiger partial charge in [0.25, 0.3) is 5.91 Å². The van der Waals surface area contributed by atoms with Crippen LogP contribution in [0.4, 0.5) is 0 Å². The number of esters is 1. The molecule has 0 saturated carbocycles. The summed E-state index contributed by atoms with van der Waals surface area (Å²) in [7, 11) is 0. The first kappa shape index (κ1) is 28.6. The number of carbonyl (C=O) groups excluding carboxylic acids is 2. The number of hydrogen-bond donors (Lipinski definition) is 2. The number of aromatic amines is 1. The molecule has 0 spiro atoms. The Kier molecular flexibility index (Phi) is 8.22. The molecule has 0 unspecified atom stereocenters. The molecule has 8 nitrogen and oxygen atoms in total. The van der Waals surface area contributed by atoms with Crippen molar-refractivity contribution in [1.29, 1.82) is 0 Å². The van der Waals surface area contributed by atoms with Crippen LogP contribution in [0.2, 0.25) is 0 Å². The van der Waals surface area contributed by atoms with Gasteiger partial charge in [0.1, 0.15) is 18.3 Å². The zero-order valence-corrected chi connectivity index (χ0v) is 24.3. The van der Waals surface area contributed by atoms with E-state index in [2.05, 4.69) is 24.1 Å². The summed E-state index contributed by atoms with van der Waals surface area (Å²) in [4.78, 5) is 35.4. The second-order valence-electron chi connectivity index (χ2n) is 11.8. The van der Waals surface area contributed by atoms with E-state index in [4.69, 9.17) is 19.2 Å². The second kappa shape index (κ2) is 12.4. The van der Waals surface area contributed by atoms with Gasteiger partial charge in [0.2, 0.25) is 0 Å². The monoisotopic (exact) mass is 577 g/mol. The van der Waals surface area contributed by atoms with Crippen molar-refractivity contribution >= 4 is 33.7 Å². The van der Waals surface area contributed by atoms with Gasteiger partial charge in [0, 0.05) is 34.5 Å². The van der Waals surface area contributed by atoms with E-state index < -0.39 is 24.2 Å². The van der Waals surface area contributed by atoms with Gasteiger partial charge < -0.3 is 24.5 Å². The minimum atomic E-state index is -0.908. The third-order valence-corrected chi connectivity index (χ3v) is 7.58. The van der Waals surface area contributed by atoms with Crippen molar-refractivity contribution in [2.24, 2.45) is 5.41 Å². The first-order valence-corrected chi connectivity index (χ1v) is 14.5. The minimum absolute atomic E-state index is 0.0645. The zero-order chi connectivity index (χ0) is 29.8. The lowest BCUT2D eigenvalue weighted by Crippen LogP contribution is -2.43. The van der Waals surface area contributed by atoms with Gasteiger partial charge in [-0.05, 0) is 23.3 Å². The Labute approximate surface area is 250 Å². The molecule has 2 N–H and O–H groups in total. The van der Waals surface area contributed by atoms with Crippen LogP contribution in [0.25, 0.3) is 21.8 Å². The Morgan fingerprint density at radius 3 is 2.30 bits per heavy atom. The minimum Gasteiger partial charge on any atom is -0.459 e. The molecular weight excluding hydrogens is 542 g/mol. The highest BCUT2D eigenvalue weighted by Gasteiger charge is 2.30. The van der Waals surface area contributed by atoms with Crippen LogP contribution in [0.15, 0.2) is 91.0 Å². The second-order valence-corrected chi connectivity index (χ2v) is 11.8. The van der Waals surface area contributed by atoms with Crippen molar-refractivity contribution in [2.75, 3.05) is 13.2 Å². The Balaban J connectivity index is 1.29. The molecule has 8 heteroatoms. The van der Waals surface area contributed by atoms with Gasteiger partial charge in [-0.2, -0.15) is 0 Å². The highest BCUT2D eigenvalue weighted by molar-refractivity contribution is 6.10. The molecule has 1 fully saturated rings. The topological polar surface area (TPSA) is 103 Å². The summed E-state index contributed by atoms with van der Waals surface area (Å²) < 4.78 is 17.7. The number of pyridine rings is 1. The number of H-pyrrole nitrogens is 1. The molecule has 6 rings (SSSR count). The van der Waals surface area contributed by atoms with E-state index >= 15 is 0 Å². The average molecular weight is 578 g/mol. The molecule has 0 radical (unpaired) electrons. The smallest absolute Gasteiger partial charge is 0.329 e. The molecule has 1 amide bonds. The van der Waals surface area contributed by atoms with E-state index in [1.807, 2.05) is 84.9 Å². The molecular formula is C35H35N3O5. The lowest BCUT2D eigenvalue weighted by molar-refractivity contribution is -0.220. The summed E-state index contributed by atoms with van der Waals surface area (Å²) in [6.07, 6.45) is 0.168. The molecule has 5 aromatic rings. The predicted molar refractivity (Wildman–Crippen MR) is 164 cm³/mol. The largest absolute Gasteiger partial charge is 0.459 e. The Bertz CT molecular complexity index is 1720. The number of fused-ring (bicyclic) bond motifs is 3. The molecule has 3 heterocycles. The van der Waals surface area contributed by atoms with Crippen LogP contribution in [0.5, 0.6) is 0 Å². The van der Waals surface area contributed by atoms with Crippen LogP contribution in [0.1, 0.15) is 41.2 Å². The van der Waals surface area contributed by atoms with Crippen LogP contribution < -0.4 is 5.32 Å². The third-order valence-electron chi connectivity index (χ3n) is 7.58. The van der Waals surface area contributed by atoms with Gasteiger partial charge >= 0.3 is 5.97 Å². The molecule has 0 aliphatic carbocycles. The summed E-state index contributed by atoms with van der Waals surface area (Å²) in [5, 5.41) is 4.76. The zero-order valence-electron chi connectivity index (χ0n) is 24.3. The summed E-state index contributed by atoms with van der Waals surface area (Å²) in [5.41, 5.74) is 4.35. The van der Waals surface area contributed by atoms with Gasteiger partial charge in [0.05, 0.1) is 24.4 Å². The number of nitrogens with zero attached hydrogens (tertiary/aromatic N) is 1. The van der Waals surface area contributed by atoms with Gasteiger partial charge in [-0.25, -0.2) is 9.78 Å².